The second kappa shape index (κ2) is 5.05. The van der Waals surface area contributed by atoms with E-state index in [9.17, 15) is 4.39 Å². The van der Waals surface area contributed by atoms with Crippen molar-refractivity contribution in [2.45, 2.75) is 20.0 Å². The highest BCUT2D eigenvalue weighted by atomic mass is 19.1. The van der Waals surface area contributed by atoms with Crippen molar-refractivity contribution < 1.29 is 9.13 Å². The quantitative estimate of drug-likeness (QED) is 0.752. The number of hydrogen-bond acceptors (Lipinski definition) is 4. The topological polar surface area (TPSA) is 65.4 Å². The first-order valence-electron chi connectivity index (χ1n) is 6.61. The van der Waals surface area contributed by atoms with E-state index in [1.165, 1.54) is 16.8 Å². The van der Waals surface area contributed by atoms with E-state index in [0.717, 1.165) is 5.56 Å². The predicted octanol–water partition coefficient (Wildman–Crippen LogP) is 2.90. The number of nitrogen functional groups attached to an aromatic ring is 1. The van der Waals surface area contributed by atoms with Crippen molar-refractivity contribution in [1.29, 1.82) is 0 Å². The Labute approximate surface area is 121 Å². The van der Waals surface area contributed by atoms with Crippen molar-refractivity contribution in [2.75, 3.05) is 5.73 Å². The molecule has 0 aliphatic heterocycles. The third-order valence-corrected chi connectivity index (χ3v) is 2.93. The van der Waals surface area contributed by atoms with Crippen molar-refractivity contribution in [1.82, 2.24) is 14.6 Å². The van der Waals surface area contributed by atoms with Gasteiger partial charge in [-0.1, -0.05) is 0 Å². The van der Waals surface area contributed by atoms with Gasteiger partial charge in [-0.2, -0.15) is 0 Å². The van der Waals surface area contributed by atoms with Crippen LogP contribution in [-0.4, -0.2) is 20.7 Å². The molecule has 6 heteroatoms. The fourth-order valence-electron chi connectivity index (χ4n) is 2.03. The number of halogens is 1. The largest absolute Gasteiger partial charge is 0.489 e. The van der Waals surface area contributed by atoms with Crippen LogP contribution in [0.3, 0.4) is 0 Å². The molecule has 0 atom stereocenters. The van der Waals surface area contributed by atoms with Crippen LogP contribution in [0.25, 0.3) is 17.0 Å². The first kappa shape index (κ1) is 13.4. The van der Waals surface area contributed by atoms with E-state index in [1.54, 1.807) is 18.2 Å². The number of rotatable bonds is 3. The molecular formula is C15H15FN4O. The van der Waals surface area contributed by atoms with E-state index >= 15 is 0 Å². The highest BCUT2D eigenvalue weighted by molar-refractivity contribution is 5.67. The van der Waals surface area contributed by atoms with E-state index in [4.69, 9.17) is 10.5 Å². The zero-order valence-electron chi connectivity index (χ0n) is 11.7. The van der Waals surface area contributed by atoms with Gasteiger partial charge in [-0.05, 0) is 44.2 Å². The lowest BCUT2D eigenvalue weighted by Crippen LogP contribution is -2.07. The maximum atomic E-state index is 13.2. The second-order valence-electron chi connectivity index (χ2n) is 5.00. The zero-order chi connectivity index (χ0) is 15.0. The summed E-state index contributed by atoms with van der Waals surface area (Å²) in [4.78, 5) is 4.34. The van der Waals surface area contributed by atoms with Crippen LogP contribution in [-0.2, 0) is 0 Å². The highest BCUT2D eigenvalue weighted by Crippen LogP contribution is 2.28. The van der Waals surface area contributed by atoms with Gasteiger partial charge < -0.3 is 10.5 Å². The summed E-state index contributed by atoms with van der Waals surface area (Å²) in [6.45, 7) is 3.87. The average Bonchev–Trinajstić information content (AvgIpc) is 2.83. The molecule has 0 fully saturated rings. The zero-order valence-corrected chi connectivity index (χ0v) is 11.7. The number of ether oxygens (including phenoxy) is 1. The maximum Gasteiger partial charge on any atom is 0.182 e. The molecule has 0 aliphatic carbocycles. The average molecular weight is 286 g/mol. The number of fused-ring (bicyclic) bond motifs is 1. The minimum Gasteiger partial charge on any atom is -0.489 e. The lowest BCUT2D eigenvalue weighted by molar-refractivity contribution is 0.244. The van der Waals surface area contributed by atoms with Crippen LogP contribution < -0.4 is 10.5 Å². The molecule has 3 rings (SSSR count). The summed E-state index contributed by atoms with van der Waals surface area (Å²) in [5.74, 6) is 0.756. The number of pyridine rings is 1. The summed E-state index contributed by atoms with van der Waals surface area (Å²) in [7, 11) is 0. The summed E-state index contributed by atoms with van der Waals surface area (Å²) in [6, 6.07) is 8.30. The Hall–Kier alpha value is -2.63. The van der Waals surface area contributed by atoms with Gasteiger partial charge in [0.05, 0.1) is 18.0 Å². The van der Waals surface area contributed by atoms with Gasteiger partial charge in [0.1, 0.15) is 11.6 Å². The molecule has 0 saturated heterocycles. The van der Waals surface area contributed by atoms with E-state index < -0.39 is 0 Å². The molecular weight excluding hydrogens is 271 g/mol. The van der Waals surface area contributed by atoms with Gasteiger partial charge in [-0.3, -0.25) is 0 Å². The maximum absolute atomic E-state index is 13.2. The van der Waals surface area contributed by atoms with Gasteiger partial charge >= 0.3 is 0 Å². The van der Waals surface area contributed by atoms with Crippen molar-refractivity contribution >= 4 is 11.3 Å². The summed E-state index contributed by atoms with van der Waals surface area (Å²) < 4.78 is 20.2. The fourth-order valence-corrected chi connectivity index (χ4v) is 2.03. The van der Waals surface area contributed by atoms with Crippen molar-refractivity contribution in [2.24, 2.45) is 0 Å². The number of nitrogens with zero attached hydrogens (tertiary/aromatic N) is 3. The smallest absolute Gasteiger partial charge is 0.182 e. The van der Waals surface area contributed by atoms with Crippen LogP contribution in [0.4, 0.5) is 10.1 Å². The molecule has 3 aromatic rings. The monoisotopic (exact) mass is 286 g/mol. The number of nitrogens with two attached hydrogens (primary N) is 1. The van der Waals surface area contributed by atoms with Crippen LogP contribution in [0.1, 0.15) is 13.8 Å². The molecule has 0 saturated carbocycles. The normalized spacial score (nSPS) is 11.2. The summed E-state index contributed by atoms with van der Waals surface area (Å²) in [5.41, 5.74) is 7.83. The summed E-state index contributed by atoms with van der Waals surface area (Å²) >= 11 is 0. The van der Waals surface area contributed by atoms with Gasteiger partial charge in [0.15, 0.2) is 11.5 Å². The Morgan fingerprint density at radius 1 is 1.24 bits per heavy atom. The number of benzene rings is 1. The molecule has 21 heavy (non-hydrogen) atoms. The summed E-state index contributed by atoms with van der Waals surface area (Å²) in [6.07, 6.45) is 1.33. The SMILES string of the molecule is CC(C)Oc1ccc(-c2nc3ccc(F)cn3n2)cc1N. The van der Waals surface area contributed by atoms with Crippen LogP contribution in [0.2, 0.25) is 0 Å². The first-order valence-corrected chi connectivity index (χ1v) is 6.61. The van der Waals surface area contributed by atoms with E-state index in [-0.39, 0.29) is 11.9 Å². The number of hydrogen-bond donors (Lipinski definition) is 1. The van der Waals surface area contributed by atoms with Gasteiger partial charge in [0.2, 0.25) is 0 Å². The molecule has 5 nitrogen and oxygen atoms in total. The summed E-state index contributed by atoms with van der Waals surface area (Å²) in [5, 5.41) is 4.24. The van der Waals surface area contributed by atoms with E-state index in [0.29, 0.717) is 22.9 Å². The number of anilines is 1. The lowest BCUT2D eigenvalue weighted by atomic mass is 10.2. The van der Waals surface area contributed by atoms with E-state index in [2.05, 4.69) is 10.1 Å². The molecule has 1 aromatic carbocycles. The molecule has 108 valence electrons. The fraction of sp³-hybridized carbons (Fsp3) is 0.200. The Bertz CT molecular complexity index is 797. The molecule has 0 spiro atoms. The van der Waals surface area contributed by atoms with Gasteiger partial charge in [-0.25, -0.2) is 13.9 Å². The lowest BCUT2D eigenvalue weighted by Gasteiger charge is -2.12. The van der Waals surface area contributed by atoms with Gasteiger partial charge in [-0.15, -0.1) is 5.10 Å². The van der Waals surface area contributed by atoms with Crippen LogP contribution in [0.5, 0.6) is 5.75 Å². The van der Waals surface area contributed by atoms with Crippen molar-refractivity contribution in [3.8, 4) is 17.1 Å². The Morgan fingerprint density at radius 2 is 2.05 bits per heavy atom. The Balaban J connectivity index is 2.00. The standard InChI is InChI=1S/C15H15FN4O/c1-9(2)21-13-5-3-10(7-12(13)17)15-18-14-6-4-11(16)8-20(14)19-15/h3-9H,17H2,1-2H3. The van der Waals surface area contributed by atoms with Crippen molar-refractivity contribution in [3.63, 3.8) is 0 Å². The Morgan fingerprint density at radius 3 is 2.76 bits per heavy atom. The third kappa shape index (κ3) is 2.65. The van der Waals surface area contributed by atoms with Crippen LogP contribution >= 0.6 is 0 Å². The van der Waals surface area contributed by atoms with Crippen molar-refractivity contribution in [3.05, 3.63) is 42.3 Å². The highest BCUT2D eigenvalue weighted by Gasteiger charge is 2.10. The minimum atomic E-state index is -0.362. The van der Waals surface area contributed by atoms with Gasteiger partial charge in [0, 0.05) is 5.56 Å². The second-order valence-corrected chi connectivity index (χ2v) is 5.00. The van der Waals surface area contributed by atoms with E-state index in [1.807, 2.05) is 19.9 Å². The minimum absolute atomic E-state index is 0.0504. The van der Waals surface area contributed by atoms with Crippen LogP contribution in [0, 0.1) is 5.82 Å². The molecule has 2 heterocycles. The molecule has 2 aromatic heterocycles. The molecule has 0 aliphatic rings. The molecule has 2 N–H and O–H groups in total. The molecule has 0 radical (unpaired) electrons. The predicted molar refractivity (Wildman–Crippen MR) is 78.6 cm³/mol. The Kier molecular flexibility index (Phi) is 3.21. The molecule has 0 bridgehead atoms. The molecule has 0 unspecified atom stereocenters. The number of aromatic nitrogens is 3. The third-order valence-electron chi connectivity index (χ3n) is 2.93. The van der Waals surface area contributed by atoms with Crippen LogP contribution in [0.15, 0.2) is 36.5 Å². The van der Waals surface area contributed by atoms with Gasteiger partial charge in [0.25, 0.3) is 0 Å². The first-order chi connectivity index (χ1) is 10.0. The molecule has 0 amide bonds.